The lowest BCUT2D eigenvalue weighted by Gasteiger charge is -2.26. The van der Waals surface area contributed by atoms with Crippen LogP contribution in [0.3, 0.4) is 0 Å². The van der Waals surface area contributed by atoms with E-state index in [1.807, 2.05) is 84.9 Å². The first kappa shape index (κ1) is 26.6. The van der Waals surface area contributed by atoms with Crippen LogP contribution in [0, 0.1) is 0 Å². The van der Waals surface area contributed by atoms with Crippen molar-refractivity contribution >= 4 is 17.6 Å². The number of amides is 1. The molecule has 1 heterocycles. The molecule has 0 bridgehead atoms. The Morgan fingerprint density at radius 3 is 2.23 bits per heavy atom. The fourth-order valence-corrected chi connectivity index (χ4v) is 4.56. The average Bonchev–Trinajstić information content (AvgIpc) is 3.45. The molecule has 1 amide bonds. The highest BCUT2D eigenvalue weighted by atomic mass is 16.7. The second-order valence-corrected chi connectivity index (χ2v) is 9.49. The van der Waals surface area contributed by atoms with Gasteiger partial charge in [0, 0.05) is 30.8 Å². The van der Waals surface area contributed by atoms with Gasteiger partial charge in [-0.25, -0.2) is 4.79 Å². The largest absolute Gasteiger partial charge is 0.497 e. The molecule has 0 aromatic heterocycles. The number of rotatable bonds is 11. The van der Waals surface area contributed by atoms with E-state index in [4.69, 9.17) is 14.2 Å². The van der Waals surface area contributed by atoms with Crippen LogP contribution in [0.15, 0.2) is 97.1 Å². The monoisotopic (exact) mass is 538 g/mol. The number of methoxy groups -OCH3 is 1. The van der Waals surface area contributed by atoms with Gasteiger partial charge >= 0.3 is 5.97 Å². The molecule has 8 nitrogen and oxygen atoms in total. The summed E-state index contributed by atoms with van der Waals surface area (Å²) < 4.78 is 16.3. The first-order valence-corrected chi connectivity index (χ1v) is 12.9. The highest BCUT2D eigenvalue weighted by Gasteiger charge is 2.21. The third-order valence-electron chi connectivity index (χ3n) is 6.72. The molecule has 0 spiro atoms. The Balaban J connectivity index is 1.30. The molecule has 4 aromatic rings. The van der Waals surface area contributed by atoms with Crippen molar-refractivity contribution in [3.05, 3.63) is 119 Å². The minimum Gasteiger partial charge on any atom is -0.497 e. The van der Waals surface area contributed by atoms with Gasteiger partial charge in [-0.15, -0.1) is 0 Å². The van der Waals surface area contributed by atoms with Crippen molar-refractivity contribution < 1.29 is 28.9 Å². The lowest BCUT2D eigenvalue weighted by molar-refractivity contribution is -0.139. The summed E-state index contributed by atoms with van der Waals surface area (Å²) in [6.45, 7) is 1.42. The Kier molecular flexibility index (Phi) is 8.15. The van der Waals surface area contributed by atoms with Crippen LogP contribution in [0.5, 0.6) is 17.2 Å². The highest BCUT2D eigenvalue weighted by molar-refractivity contribution is 5.96. The number of benzene rings is 4. The zero-order valence-corrected chi connectivity index (χ0v) is 22.1. The summed E-state index contributed by atoms with van der Waals surface area (Å²) in [5.74, 6) is 0.737. The van der Waals surface area contributed by atoms with Crippen LogP contribution < -0.4 is 24.4 Å². The second-order valence-electron chi connectivity index (χ2n) is 9.49. The van der Waals surface area contributed by atoms with Crippen molar-refractivity contribution in [3.63, 3.8) is 0 Å². The first-order chi connectivity index (χ1) is 19.5. The SMILES string of the molecule is COc1ccc(N(Cc2ccc(C(=O)N[C@@H](Cc3ccccc3)C(=O)O)cc2)Cc2ccc3c(c2)OCO3)cc1. The van der Waals surface area contributed by atoms with Gasteiger partial charge in [-0.1, -0.05) is 48.5 Å². The number of hydrogen-bond acceptors (Lipinski definition) is 6. The minimum atomic E-state index is -1.08. The molecular formula is C32H30N2O6. The number of carboxylic acids is 1. The molecule has 0 aliphatic carbocycles. The van der Waals surface area contributed by atoms with Crippen LogP contribution in [-0.4, -0.2) is 36.9 Å². The van der Waals surface area contributed by atoms with Crippen molar-refractivity contribution in [2.45, 2.75) is 25.6 Å². The Morgan fingerprint density at radius 1 is 0.850 bits per heavy atom. The summed E-state index contributed by atoms with van der Waals surface area (Å²) in [6, 6.07) is 29.2. The fourth-order valence-electron chi connectivity index (χ4n) is 4.56. The molecule has 2 N–H and O–H groups in total. The number of aliphatic carboxylic acids is 1. The summed E-state index contributed by atoms with van der Waals surface area (Å²) in [6.07, 6.45) is 0.205. The second kappa shape index (κ2) is 12.3. The Hall–Kier alpha value is -4.98. The van der Waals surface area contributed by atoms with Crippen LogP contribution >= 0.6 is 0 Å². The predicted molar refractivity (Wildman–Crippen MR) is 151 cm³/mol. The van der Waals surface area contributed by atoms with E-state index in [1.165, 1.54) is 0 Å². The molecule has 0 unspecified atom stereocenters. The maximum atomic E-state index is 12.9. The van der Waals surface area contributed by atoms with Crippen LogP contribution in [0.4, 0.5) is 5.69 Å². The standard InChI is InChI=1S/C32H30N2O6/c1-38-27-14-12-26(13-15-27)34(20-24-9-16-29-30(18-24)40-21-39-29)19-23-7-10-25(11-8-23)31(35)33-28(32(36)37)17-22-5-3-2-4-6-22/h2-16,18,28H,17,19-21H2,1H3,(H,33,35)(H,36,37)/t28-/m0/s1. The molecule has 0 radical (unpaired) electrons. The quantitative estimate of drug-likeness (QED) is 0.276. The summed E-state index contributed by atoms with van der Waals surface area (Å²) in [7, 11) is 1.64. The number of nitrogens with zero attached hydrogens (tertiary/aromatic N) is 1. The summed E-state index contributed by atoms with van der Waals surface area (Å²) in [5.41, 5.74) is 4.30. The van der Waals surface area contributed by atoms with Gasteiger partial charge in [-0.2, -0.15) is 0 Å². The zero-order valence-electron chi connectivity index (χ0n) is 22.1. The van der Waals surface area contributed by atoms with E-state index in [-0.39, 0.29) is 13.2 Å². The third kappa shape index (κ3) is 6.53. The van der Waals surface area contributed by atoms with Gasteiger partial charge in [-0.05, 0) is 65.2 Å². The molecule has 0 saturated carbocycles. The van der Waals surface area contributed by atoms with Crippen molar-refractivity contribution in [1.82, 2.24) is 5.32 Å². The predicted octanol–water partition coefficient (Wildman–Crippen LogP) is 5.06. The third-order valence-corrected chi connectivity index (χ3v) is 6.72. The van der Waals surface area contributed by atoms with Crippen molar-refractivity contribution in [3.8, 4) is 17.2 Å². The molecule has 1 aliphatic rings. The topological polar surface area (TPSA) is 97.3 Å². The average molecular weight is 539 g/mol. The lowest BCUT2D eigenvalue weighted by atomic mass is 10.0. The maximum Gasteiger partial charge on any atom is 0.326 e. The number of anilines is 1. The Bertz CT molecular complexity index is 1460. The molecule has 0 fully saturated rings. The molecule has 40 heavy (non-hydrogen) atoms. The molecule has 204 valence electrons. The van der Waals surface area contributed by atoms with E-state index in [0.29, 0.717) is 18.7 Å². The van der Waals surface area contributed by atoms with Crippen molar-refractivity contribution in [2.75, 3.05) is 18.8 Å². The van der Waals surface area contributed by atoms with Gasteiger partial charge in [-0.3, -0.25) is 4.79 Å². The number of ether oxygens (including phenoxy) is 3. The number of carboxylic acid groups (broad SMARTS) is 1. The van der Waals surface area contributed by atoms with Crippen LogP contribution in [-0.2, 0) is 24.3 Å². The van der Waals surface area contributed by atoms with Gasteiger partial charge < -0.3 is 29.5 Å². The lowest BCUT2D eigenvalue weighted by Crippen LogP contribution is -2.42. The maximum absolute atomic E-state index is 12.9. The van der Waals surface area contributed by atoms with Gasteiger partial charge in [0.1, 0.15) is 11.8 Å². The number of nitrogens with one attached hydrogen (secondary N) is 1. The minimum absolute atomic E-state index is 0.205. The van der Waals surface area contributed by atoms with Crippen molar-refractivity contribution in [2.24, 2.45) is 0 Å². The van der Waals surface area contributed by atoms with Gasteiger partial charge in [0.05, 0.1) is 7.11 Å². The molecule has 8 heteroatoms. The number of fused-ring (bicyclic) bond motifs is 1. The van der Waals surface area contributed by atoms with E-state index in [2.05, 4.69) is 10.2 Å². The Labute approximate surface area is 232 Å². The molecular weight excluding hydrogens is 508 g/mol. The number of hydrogen-bond donors (Lipinski definition) is 2. The molecule has 1 atom stereocenters. The van der Waals surface area contributed by atoms with Crippen LogP contribution in [0.2, 0.25) is 0 Å². The summed E-state index contributed by atoms with van der Waals surface area (Å²) >= 11 is 0. The highest BCUT2D eigenvalue weighted by Crippen LogP contribution is 2.33. The van der Waals surface area contributed by atoms with E-state index >= 15 is 0 Å². The van der Waals surface area contributed by atoms with E-state index < -0.39 is 17.9 Å². The van der Waals surface area contributed by atoms with Crippen molar-refractivity contribution in [1.29, 1.82) is 0 Å². The zero-order chi connectivity index (χ0) is 27.9. The molecule has 0 saturated heterocycles. The number of carbonyl (C=O) groups is 2. The van der Waals surface area contributed by atoms with Gasteiger partial charge in [0.15, 0.2) is 11.5 Å². The smallest absolute Gasteiger partial charge is 0.326 e. The van der Waals surface area contributed by atoms with E-state index in [9.17, 15) is 14.7 Å². The number of carbonyl (C=O) groups excluding carboxylic acids is 1. The summed E-state index contributed by atoms with van der Waals surface area (Å²) in [4.78, 5) is 26.9. The Morgan fingerprint density at radius 2 is 1.52 bits per heavy atom. The first-order valence-electron chi connectivity index (χ1n) is 12.9. The van der Waals surface area contributed by atoms with Crippen LogP contribution in [0.25, 0.3) is 0 Å². The molecule has 1 aliphatic heterocycles. The van der Waals surface area contributed by atoms with E-state index in [1.54, 1.807) is 19.2 Å². The summed E-state index contributed by atoms with van der Waals surface area (Å²) in [5, 5.41) is 12.3. The van der Waals surface area contributed by atoms with Crippen LogP contribution in [0.1, 0.15) is 27.0 Å². The van der Waals surface area contributed by atoms with Gasteiger partial charge in [0.25, 0.3) is 5.91 Å². The molecule has 5 rings (SSSR count). The fraction of sp³-hybridized carbons (Fsp3) is 0.188. The molecule has 4 aromatic carbocycles. The van der Waals surface area contributed by atoms with Gasteiger partial charge in [0.2, 0.25) is 6.79 Å². The van der Waals surface area contributed by atoms with E-state index in [0.717, 1.165) is 39.6 Å². The normalized spacial score (nSPS) is 12.4.